The molecule has 1 aliphatic rings. The lowest BCUT2D eigenvalue weighted by Crippen LogP contribution is -2.13. The second-order valence-electron chi connectivity index (χ2n) is 3.81. The van der Waals surface area contributed by atoms with Crippen LogP contribution in [0.4, 0.5) is 4.39 Å². The van der Waals surface area contributed by atoms with E-state index >= 15 is 0 Å². The van der Waals surface area contributed by atoms with Crippen molar-refractivity contribution < 1.29 is 4.39 Å². The minimum atomic E-state index is -0.197. The summed E-state index contributed by atoms with van der Waals surface area (Å²) < 4.78 is 15.1. The van der Waals surface area contributed by atoms with Gasteiger partial charge in [0.25, 0.3) is 0 Å². The number of hydrogen-bond donors (Lipinski definition) is 1. The predicted octanol–water partition coefficient (Wildman–Crippen LogP) is 2.18. The molecule has 1 atom stereocenters. The van der Waals surface area contributed by atoms with Crippen LogP contribution < -0.4 is 5.73 Å². The summed E-state index contributed by atoms with van der Waals surface area (Å²) in [5, 5.41) is 1.08. The van der Waals surface area contributed by atoms with Crippen LogP contribution in [0, 0.1) is 5.82 Å². The van der Waals surface area contributed by atoms with E-state index < -0.39 is 0 Å². The molecule has 3 heteroatoms. The van der Waals surface area contributed by atoms with Crippen molar-refractivity contribution in [1.29, 1.82) is 0 Å². The van der Waals surface area contributed by atoms with E-state index in [4.69, 9.17) is 5.73 Å². The maximum Gasteiger partial charge on any atom is 0.125 e. The zero-order valence-corrected chi connectivity index (χ0v) is 7.70. The van der Waals surface area contributed by atoms with Crippen LogP contribution in [-0.4, -0.2) is 4.57 Å². The van der Waals surface area contributed by atoms with E-state index in [1.54, 1.807) is 6.07 Å². The Balaban J connectivity index is 2.38. The summed E-state index contributed by atoms with van der Waals surface area (Å²) in [7, 11) is 0. The van der Waals surface area contributed by atoms with Crippen molar-refractivity contribution in [3.8, 4) is 0 Å². The van der Waals surface area contributed by atoms with Crippen LogP contribution >= 0.6 is 0 Å². The number of halogens is 1. The second kappa shape index (κ2) is 2.58. The normalized spacial score (nSPS) is 20.3. The van der Waals surface area contributed by atoms with Gasteiger partial charge < -0.3 is 10.3 Å². The molecule has 0 fully saturated rings. The molecule has 0 bridgehead atoms. The average Bonchev–Trinajstić information content (AvgIpc) is 2.67. The van der Waals surface area contributed by atoms with Gasteiger partial charge in [-0.15, -0.1) is 0 Å². The topological polar surface area (TPSA) is 30.9 Å². The molecule has 0 aliphatic carbocycles. The average molecular weight is 190 g/mol. The van der Waals surface area contributed by atoms with Gasteiger partial charge in [0.05, 0.1) is 11.7 Å². The Kier molecular flexibility index (Phi) is 1.47. The zero-order valence-electron chi connectivity index (χ0n) is 7.70. The Morgan fingerprint density at radius 3 is 3.07 bits per heavy atom. The minimum absolute atomic E-state index is 0.0179. The molecule has 2 nitrogen and oxygen atoms in total. The molecule has 0 saturated heterocycles. The van der Waals surface area contributed by atoms with E-state index in [1.165, 1.54) is 11.8 Å². The standard InChI is InChI=1S/C11H11FN2/c12-8-2-1-7-5-9-3-4-11(13)14(9)10(7)6-8/h1-2,5-6,11H,3-4,13H2. The minimum Gasteiger partial charge on any atom is -0.329 e. The highest BCUT2D eigenvalue weighted by molar-refractivity contribution is 5.81. The first-order valence-corrected chi connectivity index (χ1v) is 4.80. The summed E-state index contributed by atoms with van der Waals surface area (Å²) in [4.78, 5) is 0. The third-order valence-electron chi connectivity index (χ3n) is 2.91. The molecule has 14 heavy (non-hydrogen) atoms. The highest BCUT2D eigenvalue weighted by Gasteiger charge is 2.20. The fourth-order valence-corrected chi connectivity index (χ4v) is 2.26. The van der Waals surface area contributed by atoms with Gasteiger partial charge in [-0.05, 0) is 37.1 Å². The monoisotopic (exact) mass is 190 g/mol. The van der Waals surface area contributed by atoms with Gasteiger partial charge in [-0.1, -0.05) is 0 Å². The number of aromatic nitrogens is 1. The molecule has 1 aliphatic heterocycles. The number of hydrogen-bond acceptors (Lipinski definition) is 1. The van der Waals surface area contributed by atoms with Crippen LogP contribution in [0.15, 0.2) is 24.3 Å². The molecule has 1 unspecified atom stereocenters. The second-order valence-corrected chi connectivity index (χ2v) is 3.81. The van der Waals surface area contributed by atoms with E-state index in [0.717, 1.165) is 23.7 Å². The highest BCUT2D eigenvalue weighted by atomic mass is 19.1. The number of nitrogens with zero attached hydrogens (tertiary/aromatic N) is 1. The van der Waals surface area contributed by atoms with E-state index in [0.29, 0.717) is 0 Å². The molecule has 3 rings (SSSR count). The van der Waals surface area contributed by atoms with E-state index in [9.17, 15) is 4.39 Å². The highest BCUT2D eigenvalue weighted by Crippen LogP contribution is 2.30. The molecule has 0 radical (unpaired) electrons. The molecular formula is C11H11FN2. The lowest BCUT2D eigenvalue weighted by atomic mass is 10.2. The van der Waals surface area contributed by atoms with E-state index in [-0.39, 0.29) is 12.0 Å². The van der Waals surface area contributed by atoms with Gasteiger partial charge in [-0.2, -0.15) is 0 Å². The van der Waals surface area contributed by atoms with E-state index in [1.807, 2.05) is 10.6 Å². The Hall–Kier alpha value is -1.35. The lowest BCUT2D eigenvalue weighted by Gasteiger charge is -2.08. The number of rotatable bonds is 0. The first-order valence-electron chi connectivity index (χ1n) is 4.80. The van der Waals surface area contributed by atoms with Crippen LogP contribution in [0.25, 0.3) is 10.9 Å². The fraction of sp³-hybridized carbons (Fsp3) is 0.273. The molecule has 0 amide bonds. The largest absolute Gasteiger partial charge is 0.329 e. The summed E-state index contributed by atoms with van der Waals surface area (Å²) in [5.41, 5.74) is 8.09. The Labute approximate surface area is 81.1 Å². The van der Waals surface area contributed by atoms with Gasteiger partial charge in [0.2, 0.25) is 0 Å². The van der Waals surface area contributed by atoms with Crippen molar-refractivity contribution in [2.75, 3.05) is 0 Å². The third-order valence-corrected chi connectivity index (χ3v) is 2.91. The molecular weight excluding hydrogens is 179 g/mol. The quantitative estimate of drug-likeness (QED) is 0.678. The summed E-state index contributed by atoms with van der Waals surface area (Å²) >= 11 is 0. The maximum absolute atomic E-state index is 13.1. The summed E-state index contributed by atoms with van der Waals surface area (Å²) in [5.74, 6) is -0.197. The van der Waals surface area contributed by atoms with Crippen LogP contribution in [0.1, 0.15) is 18.3 Å². The van der Waals surface area contributed by atoms with Crippen LogP contribution in [0.3, 0.4) is 0 Å². The van der Waals surface area contributed by atoms with Gasteiger partial charge in [0.1, 0.15) is 5.82 Å². The number of aryl methyl sites for hydroxylation is 1. The Bertz CT molecular complexity index is 501. The van der Waals surface area contributed by atoms with Crippen LogP contribution in [0.2, 0.25) is 0 Å². The molecule has 0 saturated carbocycles. The van der Waals surface area contributed by atoms with Crippen molar-refractivity contribution in [3.05, 3.63) is 35.8 Å². The maximum atomic E-state index is 13.1. The lowest BCUT2D eigenvalue weighted by molar-refractivity contribution is 0.565. The van der Waals surface area contributed by atoms with E-state index in [2.05, 4.69) is 6.07 Å². The van der Waals surface area contributed by atoms with Gasteiger partial charge >= 0.3 is 0 Å². The number of fused-ring (bicyclic) bond motifs is 3. The zero-order chi connectivity index (χ0) is 9.71. The van der Waals surface area contributed by atoms with Crippen LogP contribution in [0.5, 0.6) is 0 Å². The van der Waals surface area contributed by atoms with Crippen LogP contribution in [-0.2, 0) is 6.42 Å². The summed E-state index contributed by atoms with van der Waals surface area (Å²) in [6, 6.07) is 6.96. The number of benzene rings is 1. The SMILES string of the molecule is NC1CCc2cc3ccc(F)cc3n21. The van der Waals surface area contributed by atoms with Crippen molar-refractivity contribution in [3.63, 3.8) is 0 Å². The molecule has 2 heterocycles. The van der Waals surface area contributed by atoms with Gasteiger partial charge in [0.15, 0.2) is 0 Å². The summed E-state index contributed by atoms with van der Waals surface area (Å²) in [6.07, 6.45) is 1.98. The van der Waals surface area contributed by atoms with Crippen molar-refractivity contribution in [2.24, 2.45) is 5.73 Å². The van der Waals surface area contributed by atoms with Crippen molar-refractivity contribution >= 4 is 10.9 Å². The molecule has 0 spiro atoms. The Morgan fingerprint density at radius 1 is 1.36 bits per heavy atom. The van der Waals surface area contributed by atoms with Gasteiger partial charge in [-0.3, -0.25) is 0 Å². The fourth-order valence-electron chi connectivity index (χ4n) is 2.26. The Morgan fingerprint density at radius 2 is 2.21 bits per heavy atom. The molecule has 1 aromatic heterocycles. The smallest absolute Gasteiger partial charge is 0.125 e. The number of nitrogens with two attached hydrogens (primary N) is 1. The van der Waals surface area contributed by atoms with Crippen molar-refractivity contribution in [2.45, 2.75) is 19.0 Å². The third kappa shape index (κ3) is 0.930. The van der Waals surface area contributed by atoms with Crippen molar-refractivity contribution in [1.82, 2.24) is 4.57 Å². The first-order chi connectivity index (χ1) is 6.75. The molecule has 2 aromatic rings. The summed E-state index contributed by atoms with van der Waals surface area (Å²) in [6.45, 7) is 0. The molecule has 72 valence electrons. The van der Waals surface area contributed by atoms with Gasteiger partial charge in [-0.25, -0.2) is 4.39 Å². The molecule has 2 N–H and O–H groups in total. The predicted molar refractivity (Wildman–Crippen MR) is 53.4 cm³/mol. The first kappa shape index (κ1) is 8.00. The van der Waals surface area contributed by atoms with Gasteiger partial charge in [0, 0.05) is 11.1 Å². The molecule has 1 aromatic carbocycles.